The number of ether oxygens (including phenoxy) is 3. The van der Waals surface area contributed by atoms with E-state index in [1.54, 1.807) is 6.92 Å². The van der Waals surface area contributed by atoms with Gasteiger partial charge in [0.1, 0.15) is 22.3 Å². The van der Waals surface area contributed by atoms with Crippen molar-refractivity contribution in [3.8, 4) is 22.9 Å². The van der Waals surface area contributed by atoms with Crippen molar-refractivity contribution in [1.82, 2.24) is 15.1 Å². The maximum atomic E-state index is 14.3. The van der Waals surface area contributed by atoms with Crippen LogP contribution in [-0.2, 0) is 25.9 Å². The lowest BCUT2D eigenvalue weighted by atomic mass is 10.1. The summed E-state index contributed by atoms with van der Waals surface area (Å²) in [6.45, 7) is 1.66. The highest BCUT2D eigenvalue weighted by molar-refractivity contribution is 7.51. The Kier molecular flexibility index (Phi) is 19.7. The third kappa shape index (κ3) is 17.3. The first-order valence-electron chi connectivity index (χ1n) is 11.1. The molecule has 0 saturated heterocycles. The van der Waals surface area contributed by atoms with Crippen LogP contribution in [0.3, 0.4) is 0 Å². The number of aryl methyl sites for hydroxylation is 1. The van der Waals surface area contributed by atoms with E-state index >= 15 is 0 Å². The molecular formula is C21H31Cl3F3N4O9P. The Bertz CT molecular complexity index is 1170. The van der Waals surface area contributed by atoms with Crippen molar-refractivity contribution in [2.75, 3.05) is 26.0 Å². The Hall–Kier alpha value is -2.30. The van der Waals surface area contributed by atoms with Crippen LogP contribution in [0.15, 0.2) is 12.1 Å². The number of nitrogens with zero attached hydrogens (tertiary/aromatic N) is 2. The zero-order chi connectivity index (χ0) is 31.2. The number of carboxylic acids is 1. The highest BCUT2D eigenvalue weighted by Crippen LogP contribution is 2.39. The van der Waals surface area contributed by atoms with Gasteiger partial charge in [0.2, 0.25) is 5.88 Å². The molecule has 236 valence electrons. The van der Waals surface area contributed by atoms with Gasteiger partial charge in [-0.2, -0.15) is 13.9 Å². The number of rotatable bonds is 11. The molecule has 0 amide bonds. The number of carbonyl (C=O) groups is 2. The summed E-state index contributed by atoms with van der Waals surface area (Å²) in [6.07, 6.45) is -0.598. The summed E-state index contributed by atoms with van der Waals surface area (Å²) in [5.41, 5.74) is 4.79. The number of aliphatic carboxylic acids is 1. The fourth-order valence-electron chi connectivity index (χ4n) is 2.34. The van der Waals surface area contributed by atoms with E-state index in [-0.39, 0.29) is 46.1 Å². The smallest absolute Gasteiger partial charge is 0.388 e. The van der Waals surface area contributed by atoms with Gasteiger partial charge in [-0.3, -0.25) is 14.7 Å². The first-order chi connectivity index (χ1) is 18.4. The zero-order valence-corrected chi connectivity index (χ0v) is 25.4. The first-order valence-corrected chi connectivity index (χ1v) is 13.6. The van der Waals surface area contributed by atoms with Crippen LogP contribution in [0.2, 0.25) is 10.0 Å². The molecule has 0 atom stereocenters. The molecule has 6 N–H and O–H groups in total. The molecular weight excluding hydrogens is 647 g/mol. The van der Waals surface area contributed by atoms with Crippen molar-refractivity contribution in [3.05, 3.63) is 28.0 Å². The van der Waals surface area contributed by atoms with Crippen LogP contribution in [0.1, 0.15) is 20.8 Å². The van der Waals surface area contributed by atoms with Gasteiger partial charge < -0.3 is 34.8 Å². The Labute approximate surface area is 249 Å². The van der Waals surface area contributed by atoms with E-state index < -0.39 is 57.3 Å². The Morgan fingerprint density at radius 1 is 1.24 bits per heavy atom. The van der Waals surface area contributed by atoms with Crippen LogP contribution in [0.5, 0.6) is 11.6 Å². The Balaban J connectivity index is 0. The summed E-state index contributed by atoms with van der Waals surface area (Å²) < 4.78 is 64.4. The van der Waals surface area contributed by atoms with Crippen molar-refractivity contribution >= 4 is 55.1 Å². The molecule has 2 aromatic rings. The summed E-state index contributed by atoms with van der Waals surface area (Å²) in [4.78, 5) is 37.5. The number of aromatic nitrogens is 2. The summed E-state index contributed by atoms with van der Waals surface area (Å²) in [5.74, 6) is -3.07. The third-order valence-electron chi connectivity index (χ3n) is 3.66. The molecule has 1 aromatic heterocycles. The van der Waals surface area contributed by atoms with Gasteiger partial charge in [0.05, 0.1) is 24.5 Å². The first kappa shape index (κ1) is 40.8. The van der Waals surface area contributed by atoms with Gasteiger partial charge in [-0.1, -0.05) is 37.0 Å². The van der Waals surface area contributed by atoms with E-state index in [2.05, 4.69) is 15.2 Å². The topological polar surface area (TPSA) is 195 Å². The molecule has 0 aliphatic rings. The van der Waals surface area contributed by atoms with Gasteiger partial charge in [0.25, 0.3) is 0 Å². The molecule has 0 saturated carbocycles. The second-order valence-corrected chi connectivity index (χ2v) is 10.1. The molecule has 0 bridgehead atoms. The maximum Gasteiger partial charge on any atom is 0.388 e. The van der Waals surface area contributed by atoms with Gasteiger partial charge in [0.15, 0.2) is 6.61 Å². The third-order valence-corrected chi connectivity index (χ3v) is 4.93. The van der Waals surface area contributed by atoms with Crippen molar-refractivity contribution < 1.29 is 56.4 Å². The van der Waals surface area contributed by atoms with Gasteiger partial charge in [-0.05, 0) is 25.1 Å². The molecule has 0 aliphatic carbocycles. The van der Waals surface area contributed by atoms with Gasteiger partial charge in [-0.15, -0.1) is 12.4 Å². The molecule has 0 fully saturated rings. The average molecular weight is 678 g/mol. The number of halogens is 6. The summed E-state index contributed by atoms with van der Waals surface area (Å²) in [7, 11) is -2.79. The molecule has 0 aliphatic heterocycles. The fourth-order valence-corrected chi connectivity index (χ4v) is 3.25. The number of nitrogens with one attached hydrogen (secondary N) is 1. The minimum atomic E-state index is -4.10. The van der Waals surface area contributed by atoms with Gasteiger partial charge in [0, 0.05) is 12.6 Å². The zero-order valence-electron chi connectivity index (χ0n) is 22.1. The fraction of sp³-hybridized carbons (Fsp3) is 0.476. The van der Waals surface area contributed by atoms with Crippen LogP contribution in [0.25, 0.3) is 11.3 Å². The van der Waals surface area contributed by atoms with Crippen molar-refractivity contribution in [2.24, 2.45) is 12.8 Å². The van der Waals surface area contributed by atoms with Crippen molar-refractivity contribution in [3.63, 3.8) is 0 Å². The van der Waals surface area contributed by atoms with Crippen molar-refractivity contribution in [1.29, 1.82) is 0 Å². The quantitative estimate of drug-likeness (QED) is 0.171. The van der Waals surface area contributed by atoms with Crippen LogP contribution in [0, 0.1) is 5.82 Å². The minimum Gasteiger partial charge on any atom is -0.480 e. The normalized spacial score (nSPS) is 10.6. The standard InChI is InChI=1S/C15H13Cl2F3N2O4.C3H8NO5P.C3H9N.ClH/c1-3-24-11(23)6-25-10-4-7(9(18)5-8(10)16)13-12(17)14(22(2)21-13)26-15(19)20;5-3(6)1-4-2-10(7,8)9;1-3(2)4;/h4-5,15H,3,6H2,1-2H3;4H,1-2H2,(H,5,6)(H2,7,8,9);3H,4H2,1-2H3;1H. The van der Waals surface area contributed by atoms with E-state index in [9.17, 15) is 27.3 Å². The number of hydrogen-bond donors (Lipinski definition) is 5. The van der Waals surface area contributed by atoms with Crippen LogP contribution < -0.4 is 20.5 Å². The van der Waals surface area contributed by atoms with Crippen LogP contribution >= 0.6 is 43.2 Å². The summed E-state index contributed by atoms with van der Waals surface area (Å²) in [5, 5.41) is 13.5. The molecule has 2 rings (SSSR count). The molecule has 0 unspecified atom stereocenters. The number of hydrogen-bond acceptors (Lipinski definition) is 9. The van der Waals surface area contributed by atoms with E-state index in [0.717, 1.165) is 16.8 Å². The molecule has 41 heavy (non-hydrogen) atoms. The monoisotopic (exact) mass is 676 g/mol. The number of benzene rings is 1. The van der Waals surface area contributed by atoms with Crippen LogP contribution in [0.4, 0.5) is 13.2 Å². The Morgan fingerprint density at radius 3 is 2.27 bits per heavy atom. The summed E-state index contributed by atoms with van der Waals surface area (Å²) >= 11 is 11.9. The van der Waals surface area contributed by atoms with Gasteiger partial charge >= 0.3 is 26.1 Å². The summed E-state index contributed by atoms with van der Waals surface area (Å²) in [6, 6.07) is 2.41. The lowest BCUT2D eigenvalue weighted by Gasteiger charge is -2.10. The number of nitrogens with two attached hydrogens (primary N) is 1. The number of alkyl halides is 2. The highest BCUT2D eigenvalue weighted by Gasteiger charge is 2.24. The largest absolute Gasteiger partial charge is 0.480 e. The average Bonchev–Trinajstić information content (AvgIpc) is 3.05. The molecule has 0 radical (unpaired) electrons. The Morgan fingerprint density at radius 2 is 1.80 bits per heavy atom. The SMILES string of the molecule is CC(C)N.CCOC(=O)COc1cc(-c2nn(C)c(OC(F)F)c2Cl)c(F)cc1Cl.Cl.O=C(O)CNCP(=O)(O)O. The molecule has 0 spiro atoms. The second-order valence-electron chi connectivity index (χ2n) is 7.71. The predicted octanol–water partition coefficient (Wildman–Crippen LogP) is 3.65. The van der Waals surface area contributed by atoms with E-state index in [1.807, 2.05) is 13.8 Å². The highest BCUT2D eigenvalue weighted by atomic mass is 35.5. The number of esters is 1. The second kappa shape index (κ2) is 19.8. The van der Waals surface area contributed by atoms with E-state index in [0.29, 0.717) is 6.04 Å². The number of carbonyl (C=O) groups excluding carboxylic acids is 1. The molecule has 20 heteroatoms. The lowest BCUT2D eigenvalue weighted by Crippen LogP contribution is -2.23. The minimum absolute atomic E-state index is 0. The molecule has 1 aromatic carbocycles. The number of carboxylic acid groups (broad SMARTS) is 1. The van der Waals surface area contributed by atoms with E-state index in [1.165, 1.54) is 7.05 Å². The van der Waals surface area contributed by atoms with Gasteiger partial charge in [-0.25, -0.2) is 13.9 Å². The molecule has 13 nitrogen and oxygen atoms in total. The maximum absolute atomic E-state index is 14.3. The van der Waals surface area contributed by atoms with E-state index in [4.69, 9.17) is 53.3 Å². The van der Waals surface area contributed by atoms with Crippen molar-refractivity contribution in [2.45, 2.75) is 33.4 Å². The lowest BCUT2D eigenvalue weighted by molar-refractivity contribution is -0.145. The molecule has 1 heterocycles. The van der Waals surface area contributed by atoms with Crippen LogP contribution in [-0.4, -0.2) is 75.3 Å². The predicted molar refractivity (Wildman–Crippen MR) is 147 cm³/mol.